The number of carbonyl (C=O) groups excluding carboxylic acids is 2. The van der Waals surface area contributed by atoms with Gasteiger partial charge in [-0.3, -0.25) is 0 Å². The average Bonchev–Trinajstić information content (AvgIpc) is 2.98. The van der Waals surface area contributed by atoms with E-state index < -0.39 is 18.0 Å². The van der Waals surface area contributed by atoms with Crippen LogP contribution in [-0.4, -0.2) is 36.4 Å². The number of esters is 2. The number of carbonyl (C=O) groups is 2. The number of hydrogen-bond donors (Lipinski definition) is 0. The fourth-order valence-corrected chi connectivity index (χ4v) is 5.03. The number of epoxide rings is 1. The third kappa shape index (κ3) is 2.14. The summed E-state index contributed by atoms with van der Waals surface area (Å²) in [6, 6.07) is 1.56. The van der Waals surface area contributed by atoms with Crippen LogP contribution < -0.4 is 0 Å². The molecule has 0 aromatic carbocycles. The van der Waals surface area contributed by atoms with E-state index in [1.807, 2.05) is 0 Å². The minimum atomic E-state index is -0.512. The van der Waals surface area contributed by atoms with Crippen LogP contribution in [0.4, 0.5) is 0 Å². The molecular weight excluding hydrogens is 336 g/mol. The van der Waals surface area contributed by atoms with Gasteiger partial charge in [0, 0.05) is 23.8 Å². The summed E-state index contributed by atoms with van der Waals surface area (Å²) in [6.45, 7) is 6.67. The molecule has 3 fully saturated rings. The summed E-state index contributed by atoms with van der Waals surface area (Å²) in [5, 5.41) is 0. The van der Waals surface area contributed by atoms with Gasteiger partial charge in [-0.2, -0.15) is 0 Å². The second-order valence-electron chi connectivity index (χ2n) is 7.75. The zero-order valence-electron chi connectivity index (χ0n) is 14.5. The van der Waals surface area contributed by atoms with Crippen molar-refractivity contribution in [3.63, 3.8) is 0 Å². The predicted molar refractivity (Wildman–Crippen MR) is 89.1 cm³/mol. The van der Waals surface area contributed by atoms with Crippen LogP contribution in [0.2, 0.25) is 0 Å². The Bertz CT molecular complexity index is 815. The Labute approximate surface area is 150 Å². The summed E-state index contributed by atoms with van der Waals surface area (Å²) in [5.74, 6) is -0.884. The van der Waals surface area contributed by atoms with Crippen LogP contribution in [-0.2, 0) is 19.0 Å². The van der Waals surface area contributed by atoms with Gasteiger partial charge in [-0.1, -0.05) is 18.2 Å². The van der Waals surface area contributed by atoms with Gasteiger partial charge in [0.1, 0.15) is 18.5 Å². The highest BCUT2D eigenvalue weighted by atomic mass is 16.6. The molecule has 6 nitrogen and oxygen atoms in total. The summed E-state index contributed by atoms with van der Waals surface area (Å²) >= 11 is 0. The van der Waals surface area contributed by atoms with Gasteiger partial charge < -0.3 is 18.6 Å². The summed E-state index contributed by atoms with van der Waals surface area (Å²) in [5.41, 5.74) is 1.64. The Kier molecular flexibility index (Phi) is 3.26. The van der Waals surface area contributed by atoms with Crippen LogP contribution >= 0.6 is 0 Å². The van der Waals surface area contributed by atoms with Crippen LogP contribution in [0.1, 0.15) is 30.1 Å². The predicted octanol–water partition coefficient (Wildman–Crippen LogP) is 2.66. The van der Waals surface area contributed by atoms with Gasteiger partial charge in [0.05, 0.1) is 30.0 Å². The van der Waals surface area contributed by atoms with E-state index >= 15 is 0 Å². The fraction of sp³-hybridized carbons (Fsp3) is 0.500. The molecule has 2 aliphatic heterocycles. The van der Waals surface area contributed by atoms with Crippen LogP contribution in [0.25, 0.3) is 0 Å². The molecule has 0 bridgehead atoms. The van der Waals surface area contributed by atoms with Gasteiger partial charge in [-0.25, -0.2) is 9.59 Å². The van der Waals surface area contributed by atoms with Crippen molar-refractivity contribution in [3.8, 4) is 0 Å². The highest BCUT2D eigenvalue weighted by molar-refractivity contribution is 5.92. The molecule has 0 N–H and O–H groups in total. The van der Waals surface area contributed by atoms with Gasteiger partial charge in [0.25, 0.3) is 0 Å². The van der Waals surface area contributed by atoms with Crippen molar-refractivity contribution in [3.05, 3.63) is 48.0 Å². The topological polar surface area (TPSA) is 78.3 Å². The molecular formula is C20H20O6. The van der Waals surface area contributed by atoms with Crippen molar-refractivity contribution in [2.75, 3.05) is 6.61 Å². The Morgan fingerprint density at radius 1 is 1.38 bits per heavy atom. The van der Waals surface area contributed by atoms with E-state index in [1.54, 1.807) is 6.07 Å². The van der Waals surface area contributed by atoms with E-state index in [2.05, 4.69) is 19.6 Å². The SMILES string of the molecule is C=C1C(=O)O[C@@H]2[C@H]3C(C)=CC[C@H]3[C@@]3(CO3)C[C@@H](OC(=O)c3ccoc3)[C@@H]12. The lowest BCUT2D eigenvalue weighted by atomic mass is 9.78. The summed E-state index contributed by atoms with van der Waals surface area (Å²) in [7, 11) is 0. The molecule has 6 atom stereocenters. The second-order valence-corrected chi connectivity index (χ2v) is 7.75. The standard InChI is InChI=1S/C20H20O6/c1-10-3-4-13-15(10)17-16(11(2)18(21)26-17)14(7-20(13)9-24-20)25-19(22)12-5-6-23-8-12/h3,5-6,8,13-17H,2,4,7,9H2,1H3/t13-,14-,15+,16-,17-,20+/m1/s1. The number of hydrogen-bond acceptors (Lipinski definition) is 6. The maximum Gasteiger partial charge on any atom is 0.341 e. The molecule has 0 amide bonds. The van der Waals surface area contributed by atoms with E-state index in [0.717, 1.165) is 6.42 Å². The lowest BCUT2D eigenvalue weighted by Crippen LogP contribution is -2.36. The third-order valence-corrected chi connectivity index (χ3v) is 6.42. The van der Waals surface area contributed by atoms with Gasteiger partial charge in [-0.15, -0.1) is 0 Å². The van der Waals surface area contributed by atoms with Gasteiger partial charge in [0.15, 0.2) is 0 Å². The minimum absolute atomic E-state index is 0.0864. The van der Waals surface area contributed by atoms with Crippen LogP contribution in [0.5, 0.6) is 0 Å². The normalized spacial score (nSPS) is 40.5. The number of furan rings is 1. The van der Waals surface area contributed by atoms with Crippen molar-refractivity contribution in [1.29, 1.82) is 0 Å². The molecule has 1 spiro atoms. The van der Waals surface area contributed by atoms with Gasteiger partial charge in [0.2, 0.25) is 0 Å². The number of ether oxygens (including phenoxy) is 3. The minimum Gasteiger partial charge on any atom is -0.472 e. The molecule has 1 aromatic rings. The molecule has 3 heterocycles. The number of rotatable bonds is 2. The maximum absolute atomic E-state index is 12.5. The Morgan fingerprint density at radius 3 is 2.88 bits per heavy atom. The zero-order valence-corrected chi connectivity index (χ0v) is 14.5. The molecule has 0 radical (unpaired) electrons. The molecule has 0 unspecified atom stereocenters. The van der Waals surface area contributed by atoms with Crippen molar-refractivity contribution in [2.45, 2.75) is 37.6 Å². The highest BCUT2D eigenvalue weighted by Crippen LogP contribution is 2.58. The first-order valence-electron chi connectivity index (χ1n) is 8.94. The Hall–Kier alpha value is -2.34. The number of fused-ring (bicyclic) bond motifs is 4. The van der Waals surface area contributed by atoms with Crippen LogP contribution in [0, 0.1) is 17.8 Å². The maximum atomic E-state index is 12.5. The molecule has 6 heteroatoms. The summed E-state index contributed by atoms with van der Waals surface area (Å²) in [6.07, 6.45) is 5.57. The summed E-state index contributed by atoms with van der Waals surface area (Å²) in [4.78, 5) is 24.8. The van der Waals surface area contributed by atoms with Gasteiger partial charge >= 0.3 is 11.9 Å². The quantitative estimate of drug-likeness (QED) is 0.351. The van der Waals surface area contributed by atoms with E-state index in [9.17, 15) is 9.59 Å². The average molecular weight is 356 g/mol. The van der Waals surface area contributed by atoms with Gasteiger partial charge in [-0.05, 0) is 19.4 Å². The van der Waals surface area contributed by atoms with E-state index in [4.69, 9.17) is 18.6 Å². The highest BCUT2D eigenvalue weighted by Gasteiger charge is 2.65. The van der Waals surface area contributed by atoms with Crippen molar-refractivity contribution in [2.24, 2.45) is 17.8 Å². The lowest BCUT2D eigenvalue weighted by molar-refractivity contribution is -0.141. The Morgan fingerprint density at radius 2 is 2.19 bits per heavy atom. The molecule has 1 aromatic heterocycles. The van der Waals surface area contributed by atoms with Crippen molar-refractivity contribution < 1.29 is 28.2 Å². The molecule has 136 valence electrons. The second kappa shape index (κ2) is 5.33. The lowest BCUT2D eigenvalue weighted by Gasteiger charge is -2.29. The first-order valence-corrected chi connectivity index (χ1v) is 8.94. The number of allylic oxidation sites excluding steroid dienone is 1. The summed E-state index contributed by atoms with van der Waals surface area (Å²) < 4.78 is 22.4. The van der Waals surface area contributed by atoms with Crippen LogP contribution in [0.15, 0.2) is 46.8 Å². The van der Waals surface area contributed by atoms with E-state index in [0.29, 0.717) is 24.2 Å². The van der Waals surface area contributed by atoms with Crippen LogP contribution in [0.3, 0.4) is 0 Å². The third-order valence-electron chi connectivity index (χ3n) is 6.42. The molecule has 5 rings (SSSR count). The van der Waals surface area contributed by atoms with Crippen molar-refractivity contribution in [1.82, 2.24) is 0 Å². The van der Waals surface area contributed by atoms with Crippen molar-refractivity contribution >= 4 is 11.9 Å². The zero-order chi connectivity index (χ0) is 18.1. The Balaban J connectivity index is 1.52. The monoisotopic (exact) mass is 356 g/mol. The fourth-order valence-electron chi connectivity index (χ4n) is 5.03. The first-order chi connectivity index (χ1) is 12.5. The molecule has 26 heavy (non-hydrogen) atoms. The largest absolute Gasteiger partial charge is 0.472 e. The first kappa shape index (κ1) is 15.9. The molecule has 1 saturated carbocycles. The smallest absolute Gasteiger partial charge is 0.341 e. The van der Waals surface area contributed by atoms with E-state index in [1.165, 1.54) is 18.1 Å². The molecule has 2 aliphatic carbocycles. The molecule has 4 aliphatic rings. The van der Waals surface area contributed by atoms with E-state index in [-0.39, 0.29) is 29.5 Å². The molecule has 2 saturated heterocycles.